The van der Waals surface area contributed by atoms with Crippen LogP contribution in [0.5, 0.6) is 0 Å². The monoisotopic (exact) mass is 593 g/mol. The minimum absolute atomic E-state index is 0.180. The maximum atomic E-state index is 13.6. The largest absolute Gasteiger partial charge is 0.453 e. The first kappa shape index (κ1) is 31.5. The van der Waals surface area contributed by atoms with Gasteiger partial charge in [0.15, 0.2) is 0 Å². The minimum Gasteiger partial charge on any atom is -0.453 e. The molecule has 1 fully saturated rings. The average Bonchev–Trinajstić information content (AvgIpc) is 3.68. The van der Waals surface area contributed by atoms with Crippen LogP contribution in [-0.4, -0.2) is 80.5 Å². The van der Waals surface area contributed by atoms with Gasteiger partial charge < -0.3 is 24.7 Å². The lowest BCUT2D eigenvalue weighted by molar-refractivity contribution is -0.141. The Balaban J connectivity index is 1.50. The van der Waals surface area contributed by atoms with Crippen LogP contribution in [0.15, 0.2) is 34.9 Å². The van der Waals surface area contributed by atoms with E-state index in [0.717, 1.165) is 5.52 Å². The van der Waals surface area contributed by atoms with Gasteiger partial charge >= 0.3 is 6.09 Å². The van der Waals surface area contributed by atoms with Crippen molar-refractivity contribution in [3.63, 3.8) is 0 Å². The van der Waals surface area contributed by atoms with E-state index < -0.39 is 41.3 Å². The smallest absolute Gasteiger partial charge is 0.407 e. The van der Waals surface area contributed by atoms with Gasteiger partial charge in [0, 0.05) is 6.54 Å². The number of carbonyl (C=O) groups is 4. The second kappa shape index (κ2) is 12.8. The highest BCUT2D eigenvalue weighted by Crippen LogP contribution is 2.30. The Labute approximate surface area is 250 Å². The number of methoxy groups -OCH3 is 1. The van der Waals surface area contributed by atoms with Crippen molar-refractivity contribution in [1.29, 1.82) is 0 Å². The molecule has 13 heteroatoms. The molecule has 3 amide bonds. The quantitative estimate of drug-likeness (QED) is 0.333. The van der Waals surface area contributed by atoms with Crippen molar-refractivity contribution < 1.29 is 28.3 Å². The summed E-state index contributed by atoms with van der Waals surface area (Å²) in [5, 5.41) is 13.5. The molecule has 3 atom stereocenters. The van der Waals surface area contributed by atoms with E-state index >= 15 is 0 Å². The van der Waals surface area contributed by atoms with Crippen LogP contribution in [0.25, 0.3) is 11.0 Å². The van der Waals surface area contributed by atoms with Gasteiger partial charge in [-0.2, -0.15) is 0 Å². The van der Waals surface area contributed by atoms with Gasteiger partial charge in [-0.1, -0.05) is 39.8 Å². The molecule has 13 nitrogen and oxygen atoms in total. The van der Waals surface area contributed by atoms with Crippen LogP contribution in [0.3, 0.4) is 0 Å². The predicted molar refractivity (Wildman–Crippen MR) is 156 cm³/mol. The Kier molecular flexibility index (Phi) is 9.41. The number of hydrogen-bond acceptors (Lipinski definition) is 10. The maximum Gasteiger partial charge on any atom is 0.407 e. The summed E-state index contributed by atoms with van der Waals surface area (Å²) in [4.78, 5) is 62.9. The van der Waals surface area contributed by atoms with E-state index in [1.807, 2.05) is 38.1 Å². The summed E-state index contributed by atoms with van der Waals surface area (Å²) >= 11 is 0. The molecule has 3 heterocycles. The molecule has 0 bridgehead atoms. The Morgan fingerprint density at radius 3 is 2.33 bits per heavy atom. The van der Waals surface area contributed by atoms with Gasteiger partial charge in [-0.05, 0) is 50.7 Å². The molecule has 1 aliphatic heterocycles. The number of ketones is 1. The number of rotatable bonds is 10. The van der Waals surface area contributed by atoms with Gasteiger partial charge in [0.25, 0.3) is 5.89 Å². The first-order chi connectivity index (χ1) is 20.3. The molecule has 2 N–H and O–H groups in total. The van der Waals surface area contributed by atoms with E-state index in [1.165, 1.54) is 12.0 Å². The number of para-hydroxylation sites is 2. The molecule has 1 saturated heterocycles. The summed E-state index contributed by atoms with van der Waals surface area (Å²) in [5.41, 5.74) is 1.21. The number of amides is 3. The van der Waals surface area contributed by atoms with Crippen LogP contribution in [0.1, 0.15) is 76.7 Å². The molecule has 0 spiro atoms. The highest BCUT2D eigenvalue weighted by molar-refractivity contribution is 6.00. The molecule has 0 unspecified atom stereocenters. The van der Waals surface area contributed by atoms with Gasteiger partial charge in [-0.15, -0.1) is 10.2 Å². The Bertz CT molecular complexity index is 1500. The number of benzene rings is 1. The highest BCUT2D eigenvalue weighted by Gasteiger charge is 2.41. The van der Waals surface area contributed by atoms with Crippen LogP contribution >= 0.6 is 0 Å². The third-order valence-electron chi connectivity index (χ3n) is 7.74. The molecule has 3 aromatic rings. The van der Waals surface area contributed by atoms with Gasteiger partial charge in [0.1, 0.15) is 12.1 Å². The van der Waals surface area contributed by atoms with Gasteiger partial charge in [-0.3, -0.25) is 19.4 Å². The van der Waals surface area contributed by atoms with E-state index in [9.17, 15) is 19.2 Å². The van der Waals surface area contributed by atoms with Crippen LogP contribution in [0.2, 0.25) is 0 Å². The molecule has 43 heavy (non-hydrogen) atoms. The van der Waals surface area contributed by atoms with Crippen molar-refractivity contribution in [2.75, 3.05) is 13.7 Å². The summed E-state index contributed by atoms with van der Waals surface area (Å²) in [6.07, 6.45) is 1.94. The van der Waals surface area contributed by atoms with Gasteiger partial charge in [0.05, 0.1) is 41.5 Å². The van der Waals surface area contributed by atoms with Crippen LogP contribution in [-0.2, 0) is 19.7 Å². The van der Waals surface area contributed by atoms with Crippen molar-refractivity contribution >= 4 is 34.7 Å². The summed E-state index contributed by atoms with van der Waals surface area (Å²) in [6, 6.07) is 4.84. The molecular weight excluding hydrogens is 554 g/mol. The van der Waals surface area contributed by atoms with E-state index in [4.69, 9.17) is 9.40 Å². The number of ether oxygens (including phenoxy) is 1. The lowest BCUT2D eigenvalue weighted by Gasteiger charge is -2.31. The van der Waals surface area contributed by atoms with E-state index in [0.29, 0.717) is 30.6 Å². The second-order valence-electron chi connectivity index (χ2n) is 11.9. The summed E-state index contributed by atoms with van der Waals surface area (Å²) in [7, 11) is 1.22. The zero-order valence-corrected chi connectivity index (χ0v) is 25.6. The molecule has 0 saturated carbocycles. The van der Waals surface area contributed by atoms with Crippen molar-refractivity contribution in [2.24, 2.45) is 11.8 Å². The summed E-state index contributed by atoms with van der Waals surface area (Å²) in [5.74, 6) is -2.00. The highest BCUT2D eigenvalue weighted by atomic mass is 16.5. The molecule has 1 aliphatic rings. The molecule has 0 aliphatic carbocycles. The maximum absolute atomic E-state index is 13.6. The number of nitrogens with zero attached hydrogens (tertiary/aromatic N) is 5. The zero-order valence-electron chi connectivity index (χ0n) is 25.6. The standard InChI is InChI=1S/C30H39N7O6/c1-16(2)22(33-25(39)20-13-10-14-37(20)27(40)23(17(3)4)34-29(41)42-7)24(38)26-35-36-28(43-26)30(5,6)21-15-31-18-11-8-9-12-19(18)32-21/h8-9,11-12,15-17,20,22-23H,10,13-14H2,1-7H3,(H,33,39)(H,34,41)/t20-,22+,23-/m0/s1. The average molecular weight is 594 g/mol. The van der Waals surface area contributed by atoms with Gasteiger partial charge in [-0.25, -0.2) is 9.78 Å². The Hall–Kier alpha value is -4.42. The van der Waals surface area contributed by atoms with Crippen LogP contribution in [0, 0.1) is 11.8 Å². The minimum atomic E-state index is -0.976. The second-order valence-corrected chi connectivity index (χ2v) is 11.9. The lowest BCUT2D eigenvalue weighted by Crippen LogP contribution is -2.57. The first-order valence-corrected chi connectivity index (χ1v) is 14.4. The van der Waals surface area contributed by atoms with Crippen molar-refractivity contribution in [1.82, 2.24) is 35.7 Å². The van der Waals surface area contributed by atoms with E-state index in [-0.39, 0.29) is 29.5 Å². The summed E-state index contributed by atoms with van der Waals surface area (Å²) in [6.45, 7) is 11.2. The first-order valence-electron chi connectivity index (χ1n) is 14.4. The Morgan fingerprint density at radius 1 is 1.00 bits per heavy atom. The fourth-order valence-corrected chi connectivity index (χ4v) is 5.04. The number of likely N-dealkylation sites (tertiary alicyclic amines) is 1. The third-order valence-corrected chi connectivity index (χ3v) is 7.74. The number of hydrogen-bond donors (Lipinski definition) is 2. The number of carbonyl (C=O) groups excluding carboxylic acids is 4. The predicted octanol–water partition coefficient (Wildman–Crippen LogP) is 3.03. The molecule has 2 aromatic heterocycles. The molecule has 230 valence electrons. The van der Waals surface area contributed by atoms with Crippen LogP contribution < -0.4 is 10.6 Å². The fraction of sp³-hybridized carbons (Fsp3) is 0.533. The van der Waals surface area contributed by atoms with Crippen molar-refractivity contribution in [3.8, 4) is 0 Å². The van der Waals surface area contributed by atoms with E-state index in [2.05, 4.69) is 30.6 Å². The Morgan fingerprint density at radius 2 is 1.67 bits per heavy atom. The fourth-order valence-electron chi connectivity index (χ4n) is 5.04. The number of alkyl carbamates (subject to hydrolysis) is 1. The molecular formula is C30H39N7O6. The zero-order chi connectivity index (χ0) is 31.5. The van der Waals surface area contributed by atoms with Crippen LogP contribution in [0.4, 0.5) is 4.79 Å². The molecule has 4 rings (SSSR count). The van der Waals surface area contributed by atoms with Gasteiger partial charge in [0.2, 0.25) is 23.5 Å². The number of aromatic nitrogens is 4. The lowest BCUT2D eigenvalue weighted by atomic mass is 9.89. The normalized spacial score (nSPS) is 16.8. The topological polar surface area (TPSA) is 170 Å². The summed E-state index contributed by atoms with van der Waals surface area (Å²) < 4.78 is 10.5. The third kappa shape index (κ3) is 6.65. The van der Waals surface area contributed by atoms with Crippen molar-refractivity contribution in [2.45, 2.75) is 77.9 Å². The molecule has 1 aromatic carbocycles. The van der Waals surface area contributed by atoms with Crippen molar-refractivity contribution in [3.05, 3.63) is 47.9 Å². The molecule has 0 radical (unpaired) electrons. The number of nitrogens with one attached hydrogen (secondary N) is 2. The number of Topliss-reactive ketones (excluding diaryl/α,β-unsaturated/α-hetero) is 1. The SMILES string of the molecule is COC(=O)N[C@H](C(=O)N1CCC[C@H]1C(=O)N[C@@H](C(=O)c1nnc(C(C)(C)c2cnc3ccccc3n2)o1)C(C)C)C(C)C. The van der Waals surface area contributed by atoms with E-state index in [1.54, 1.807) is 33.9 Å². The number of fused-ring (bicyclic) bond motifs is 1.